The van der Waals surface area contributed by atoms with Crippen molar-refractivity contribution >= 4 is 35.6 Å². The summed E-state index contributed by atoms with van der Waals surface area (Å²) in [5.41, 5.74) is -0.0185. The molecular weight excluding hydrogens is 783 g/mol. The number of hydrogen-bond acceptors (Lipinski definition) is 10. The van der Waals surface area contributed by atoms with Crippen LogP contribution in [-0.4, -0.2) is 104 Å². The Morgan fingerprint density at radius 3 is 2.15 bits per heavy atom. The molecule has 2 aliphatic rings. The maximum atomic E-state index is 13.6. The molecule has 1 heterocycles. The Morgan fingerprint density at radius 2 is 1.46 bits per heavy atom. The number of methoxy groups -OCH3 is 1. The number of piperidine rings is 1. The van der Waals surface area contributed by atoms with E-state index >= 15 is 0 Å². The summed E-state index contributed by atoms with van der Waals surface area (Å²) in [6.45, 7) is 17.1. The van der Waals surface area contributed by atoms with Crippen LogP contribution in [0, 0.1) is 12.8 Å². The summed E-state index contributed by atoms with van der Waals surface area (Å²) in [6.07, 6.45) is 6.58. The van der Waals surface area contributed by atoms with Gasteiger partial charge in [-0.3, -0.25) is 14.4 Å². The van der Waals surface area contributed by atoms with Crippen LogP contribution in [0.2, 0.25) is 0 Å². The average Bonchev–Trinajstić information content (AvgIpc) is 3.18. The number of aryl methyl sites for hydroxylation is 1. The van der Waals surface area contributed by atoms with Crippen molar-refractivity contribution in [3.05, 3.63) is 77.4 Å². The zero-order valence-electron chi connectivity index (χ0n) is 37.2. The monoisotopic (exact) mass is 847 g/mol. The van der Waals surface area contributed by atoms with Crippen LogP contribution in [0.3, 0.4) is 0 Å². The Kier molecular flexibility index (Phi) is 17.2. The number of anilines is 1. The molecule has 2 unspecified atom stereocenters. The molecule has 2 atom stereocenters. The number of nitrogens with zero attached hydrogens (tertiary/aromatic N) is 1. The molecule has 2 aromatic rings. The number of ether oxygens (including phenoxy) is 5. The zero-order valence-corrected chi connectivity index (χ0v) is 37.2. The van der Waals surface area contributed by atoms with Crippen LogP contribution in [0.15, 0.2) is 66.3 Å². The highest BCUT2D eigenvalue weighted by Crippen LogP contribution is 2.30. The molecule has 1 fully saturated rings. The van der Waals surface area contributed by atoms with E-state index in [1.54, 1.807) is 81.2 Å². The minimum absolute atomic E-state index is 0.00694. The van der Waals surface area contributed by atoms with E-state index in [9.17, 15) is 24.0 Å². The van der Waals surface area contributed by atoms with Crippen LogP contribution in [0.4, 0.5) is 15.3 Å². The highest BCUT2D eigenvalue weighted by Gasteiger charge is 2.37. The fraction of sp³-hybridized carbons (Fsp3) is 0.543. The number of amides is 5. The van der Waals surface area contributed by atoms with E-state index in [0.29, 0.717) is 93.2 Å². The molecule has 4 rings (SSSR count). The Labute approximate surface area is 360 Å². The molecular formula is C46H65N5O10. The summed E-state index contributed by atoms with van der Waals surface area (Å²) in [6, 6.07) is 12.4. The second kappa shape index (κ2) is 21.8. The van der Waals surface area contributed by atoms with Crippen molar-refractivity contribution in [2.24, 2.45) is 5.92 Å². The molecule has 1 aliphatic carbocycles. The molecule has 334 valence electrons. The first-order chi connectivity index (χ1) is 28.8. The number of unbranched alkanes of at least 4 members (excludes halogenated alkanes) is 1. The van der Waals surface area contributed by atoms with E-state index < -0.39 is 28.9 Å². The Morgan fingerprint density at radius 1 is 0.803 bits per heavy atom. The Balaban J connectivity index is 1.24. The predicted molar refractivity (Wildman–Crippen MR) is 233 cm³/mol. The normalized spacial score (nSPS) is 18.0. The van der Waals surface area contributed by atoms with Gasteiger partial charge in [0, 0.05) is 44.8 Å². The van der Waals surface area contributed by atoms with E-state index in [1.807, 2.05) is 39.8 Å². The Bertz CT molecular complexity index is 1910. The number of para-hydroxylation sites is 1. The molecule has 0 radical (unpaired) electrons. The molecule has 5 amide bonds. The van der Waals surface area contributed by atoms with Crippen LogP contribution in [-0.2, 0) is 23.8 Å². The number of likely N-dealkylation sites (tertiary alicyclic amines) is 1. The number of carbonyl (C=O) groups excluding carboxylic acids is 5. The van der Waals surface area contributed by atoms with Crippen LogP contribution in [0.5, 0.6) is 11.5 Å². The molecule has 15 heteroatoms. The molecule has 0 spiro atoms. The number of carbonyl (C=O) groups is 5. The molecule has 1 saturated heterocycles. The number of alkyl carbamates (subject to hydrolysis) is 1. The van der Waals surface area contributed by atoms with Crippen molar-refractivity contribution in [2.45, 2.75) is 110 Å². The van der Waals surface area contributed by atoms with Gasteiger partial charge >= 0.3 is 12.2 Å². The maximum absolute atomic E-state index is 13.6. The molecule has 15 nitrogen and oxygen atoms in total. The average molecular weight is 848 g/mol. The molecule has 0 aromatic heterocycles. The first-order valence-corrected chi connectivity index (χ1v) is 21.0. The predicted octanol–water partition coefficient (Wildman–Crippen LogP) is 6.85. The molecule has 2 aromatic carbocycles. The summed E-state index contributed by atoms with van der Waals surface area (Å²) >= 11 is 0. The van der Waals surface area contributed by atoms with Crippen molar-refractivity contribution < 1.29 is 47.7 Å². The molecule has 0 bridgehead atoms. The van der Waals surface area contributed by atoms with Gasteiger partial charge in [-0.1, -0.05) is 30.4 Å². The van der Waals surface area contributed by atoms with Crippen LogP contribution < -0.4 is 30.7 Å². The third-order valence-corrected chi connectivity index (χ3v) is 9.84. The summed E-state index contributed by atoms with van der Waals surface area (Å²) in [5.74, 6) is -0.00300. The summed E-state index contributed by atoms with van der Waals surface area (Å²) in [7, 11) is 1.51. The van der Waals surface area contributed by atoms with E-state index in [0.717, 1.165) is 5.56 Å². The maximum Gasteiger partial charge on any atom is 0.410 e. The Hall–Kier alpha value is -5.57. The van der Waals surface area contributed by atoms with Crippen molar-refractivity contribution in [3.8, 4) is 11.5 Å². The van der Waals surface area contributed by atoms with Crippen LogP contribution in [0.1, 0.15) is 96.5 Å². The molecule has 0 saturated carbocycles. The number of rotatable bonds is 17. The highest BCUT2D eigenvalue weighted by atomic mass is 16.6. The molecule has 61 heavy (non-hydrogen) atoms. The van der Waals surface area contributed by atoms with Gasteiger partial charge in [0.25, 0.3) is 11.8 Å². The van der Waals surface area contributed by atoms with Gasteiger partial charge in [0.15, 0.2) is 0 Å². The first kappa shape index (κ1) is 48.1. The van der Waals surface area contributed by atoms with Gasteiger partial charge in [0.1, 0.15) is 28.8 Å². The first-order valence-electron chi connectivity index (χ1n) is 21.0. The van der Waals surface area contributed by atoms with E-state index in [1.165, 1.54) is 7.11 Å². The summed E-state index contributed by atoms with van der Waals surface area (Å²) < 4.78 is 28.5. The standard InChI is InChI=1S/C46H65N5O10/c1-31-17-18-35(37(29-31)59-27-13-12-23-47-39(52)32-20-25-51(26-21-32)43(56)61-45(5,6)7)49-40(53)33-19-22-46(8,38(30-33)57-9)50-41(54)34-15-10-11-16-36(34)58-28-14-24-48-42(55)60-44(2,3)4/h10-11,15-19,22,29-30,32,38H,12-14,20-21,23-28H2,1-9H3,(H,47,52)(H,48,55)(H,49,53)(H,50,54). The van der Waals surface area contributed by atoms with Crippen molar-refractivity contribution in [1.82, 2.24) is 20.9 Å². The lowest BCUT2D eigenvalue weighted by molar-refractivity contribution is -0.126. The van der Waals surface area contributed by atoms with E-state index in [-0.39, 0.29) is 36.3 Å². The highest BCUT2D eigenvalue weighted by molar-refractivity contribution is 6.07. The summed E-state index contributed by atoms with van der Waals surface area (Å²) in [4.78, 5) is 65.9. The van der Waals surface area contributed by atoms with Gasteiger partial charge in [-0.25, -0.2) is 9.59 Å². The van der Waals surface area contributed by atoms with Crippen LogP contribution >= 0.6 is 0 Å². The minimum Gasteiger partial charge on any atom is -0.493 e. The fourth-order valence-corrected chi connectivity index (χ4v) is 6.64. The van der Waals surface area contributed by atoms with Gasteiger partial charge in [-0.2, -0.15) is 0 Å². The lowest BCUT2D eigenvalue weighted by Crippen LogP contribution is -2.54. The number of nitrogens with one attached hydrogen (secondary N) is 4. The second-order valence-corrected chi connectivity index (χ2v) is 17.5. The second-order valence-electron chi connectivity index (χ2n) is 17.5. The van der Waals surface area contributed by atoms with E-state index in [4.69, 9.17) is 23.7 Å². The van der Waals surface area contributed by atoms with E-state index in [2.05, 4.69) is 21.3 Å². The van der Waals surface area contributed by atoms with Gasteiger partial charge in [-0.15, -0.1) is 0 Å². The lowest BCUT2D eigenvalue weighted by atomic mass is 9.86. The topological polar surface area (TPSA) is 183 Å². The minimum atomic E-state index is -1.00. The third-order valence-electron chi connectivity index (χ3n) is 9.84. The quantitative estimate of drug-likeness (QED) is 0.123. The van der Waals surface area contributed by atoms with Gasteiger partial charge in [0.05, 0.1) is 30.0 Å². The summed E-state index contributed by atoms with van der Waals surface area (Å²) in [5, 5.41) is 11.7. The number of benzene rings is 2. The smallest absolute Gasteiger partial charge is 0.410 e. The SMILES string of the molecule is COC1C=C(C(=O)Nc2ccc(C)cc2OCCCCNC(=O)C2CCN(C(=O)OC(C)(C)C)CC2)C=CC1(C)NC(=O)c1ccccc1OCCCNC(=O)OC(C)(C)C. The van der Waals surface area contributed by atoms with Crippen molar-refractivity contribution in [2.75, 3.05) is 51.8 Å². The number of hydrogen-bond donors (Lipinski definition) is 4. The molecule has 1 aliphatic heterocycles. The zero-order chi connectivity index (χ0) is 44.8. The van der Waals surface area contributed by atoms with Crippen LogP contribution in [0.25, 0.3) is 0 Å². The van der Waals surface area contributed by atoms with Gasteiger partial charge in [0.2, 0.25) is 5.91 Å². The van der Waals surface area contributed by atoms with Crippen molar-refractivity contribution in [3.63, 3.8) is 0 Å². The van der Waals surface area contributed by atoms with Crippen molar-refractivity contribution in [1.29, 1.82) is 0 Å². The lowest BCUT2D eigenvalue weighted by Gasteiger charge is -2.36. The molecule has 4 N–H and O–H groups in total. The third kappa shape index (κ3) is 15.4. The fourth-order valence-electron chi connectivity index (χ4n) is 6.64. The largest absolute Gasteiger partial charge is 0.493 e. The van der Waals surface area contributed by atoms with Gasteiger partial charge < -0.3 is 49.9 Å². The van der Waals surface area contributed by atoms with Gasteiger partial charge in [-0.05, 0) is 123 Å².